The fraction of sp³-hybridized carbons (Fsp3) is 0.500. The molecule has 0 aliphatic heterocycles. The number of methoxy groups -OCH3 is 2. The smallest absolute Gasteiger partial charge is 0.215 e. The Morgan fingerprint density at radius 1 is 1.29 bits per heavy atom. The first-order valence-corrected chi connectivity index (χ1v) is 5.61. The molecule has 1 atom stereocenters. The Morgan fingerprint density at radius 2 is 2.12 bits per heavy atom. The number of rotatable bonds is 5. The number of fused-ring (bicyclic) bond motifs is 1. The SMILES string of the molecule is COCC(C)Cc1nc2nc(OC)ccc2[nH]1. The second-order valence-corrected chi connectivity index (χ2v) is 4.17. The van der Waals surface area contributed by atoms with Gasteiger partial charge in [0, 0.05) is 26.2 Å². The van der Waals surface area contributed by atoms with Gasteiger partial charge in [0.2, 0.25) is 5.88 Å². The number of hydrogen-bond acceptors (Lipinski definition) is 4. The van der Waals surface area contributed by atoms with Gasteiger partial charge in [-0.1, -0.05) is 6.92 Å². The van der Waals surface area contributed by atoms with Crippen molar-refractivity contribution in [1.29, 1.82) is 0 Å². The molecular weight excluding hydrogens is 218 g/mol. The summed E-state index contributed by atoms with van der Waals surface area (Å²) in [4.78, 5) is 12.0. The Labute approximate surface area is 100 Å². The third-order valence-corrected chi connectivity index (χ3v) is 2.57. The number of nitrogens with zero attached hydrogens (tertiary/aromatic N) is 2. The second kappa shape index (κ2) is 5.14. The van der Waals surface area contributed by atoms with Crippen LogP contribution in [-0.4, -0.2) is 35.8 Å². The van der Waals surface area contributed by atoms with Crippen molar-refractivity contribution < 1.29 is 9.47 Å². The molecule has 1 N–H and O–H groups in total. The summed E-state index contributed by atoms with van der Waals surface area (Å²) in [6.45, 7) is 2.86. The molecule has 2 aromatic heterocycles. The van der Waals surface area contributed by atoms with E-state index in [0.29, 0.717) is 17.4 Å². The molecule has 17 heavy (non-hydrogen) atoms. The second-order valence-electron chi connectivity index (χ2n) is 4.17. The molecule has 0 amide bonds. The maximum Gasteiger partial charge on any atom is 0.215 e. The minimum Gasteiger partial charge on any atom is -0.481 e. The van der Waals surface area contributed by atoms with E-state index in [1.54, 1.807) is 14.2 Å². The summed E-state index contributed by atoms with van der Waals surface area (Å²) >= 11 is 0. The highest BCUT2D eigenvalue weighted by Gasteiger charge is 2.09. The molecule has 1 unspecified atom stereocenters. The van der Waals surface area contributed by atoms with E-state index in [1.807, 2.05) is 12.1 Å². The number of aromatic amines is 1. The predicted octanol–water partition coefficient (Wildman–Crippen LogP) is 1.79. The highest BCUT2D eigenvalue weighted by molar-refractivity contribution is 5.71. The Bertz CT molecular complexity index is 495. The quantitative estimate of drug-likeness (QED) is 0.858. The van der Waals surface area contributed by atoms with Crippen LogP contribution in [0.3, 0.4) is 0 Å². The van der Waals surface area contributed by atoms with Gasteiger partial charge >= 0.3 is 0 Å². The highest BCUT2D eigenvalue weighted by atomic mass is 16.5. The fourth-order valence-corrected chi connectivity index (χ4v) is 1.81. The van der Waals surface area contributed by atoms with Gasteiger partial charge in [0.1, 0.15) is 5.82 Å². The summed E-state index contributed by atoms with van der Waals surface area (Å²) in [7, 11) is 3.31. The summed E-state index contributed by atoms with van der Waals surface area (Å²) in [5.41, 5.74) is 1.63. The average molecular weight is 235 g/mol. The Balaban J connectivity index is 2.19. The third-order valence-electron chi connectivity index (χ3n) is 2.57. The lowest BCUT2D eigenvalue weighted by atomic mass is 10.1. The van der Waals surface area contributed by atoms with E-state index in [2.05, 4.69) is 21.9 Å². The van der Waals surface area contributed by atoms with E-state index in [4.69, 9.17) is 9.47 Å². The van der Waals surface area contributed by atoms with Crippen LogP contribution in [0.25, 0.3) is 11.2 Å². The van der Waals surface area contributed by atoms with Crippen LogP contribution < -0.4 is 4.74 Å². The molecule has 0 fully saturated rings. The summed E-state index contributed by atoms with van der Waals surface area (Å²) in [6, 6.07) is 3.75. The lowest BCUT2D eigenvalue weighted by Gasteiger charge is -2.06. The number of hydrogen-bond donors (Lipinski definition) is 1. The molecule has 2 heterocycles. The van der Waals surface area contributed by atoms with Crippen LogP contribution in [0.2, 0.25) is 0 Å². The number of aromatic nitrogens is 3. The van der Waals surface area contributed by atoms with E-state index < -0.39 is 0 Å². The average Bonchev–Trinajstić information content (AvgIpc) is 2.69. The maximum atomic E-state index is 5.11. The first-order chi connectivity index (χ1) is 8.22. The number of pyridine rings is 1. The van der Waals surface area contributed by atoms with Crippen LogP contribution >= 0.6 is 0 Å². The monoisotopic (exact) mass is 235 g/mol. The predicted molar refractivity (Wildman–Crippen MR) is 65.2 cm³/mol. The van der Waals surface area contributed by atoms with Gasteiger partial charge in [0.25, 0.3) is 0 Å². The number of nitrogens with one attached hydrogen (secondary N) is 1. The van der Waals surface area contributed by atoms with E-state index in [-0.39, 0.29) is 0 Å². The van der Waals surface area contributed by atoms with Gasteiger partial charge in [-0.2, -0.15) is 4.98 Å². The van der Waals surface area contributed by atoms with E-state index in [1.165, 1.54) is 0 Å². The van der Waals surface area contributed by atoms with Crippen molar-refractivity contribution in [2.75, 3.05) is 20.8 Å². The molecule has 0 aromatic carbocycles. The number of H-pyrrole nitrogens is 1. The molecule has 0 radical (unpaired) electrons. The minimum absolute atomic E-state index is 0.433. The van der Waals surface area contributed by atoms with E-state index in [9.17, 15) is 0 Å². The van der Waals surface area contributed by atoms with Crippen molar-refractivity contribution in [2.45, 2.75) is 13.3 Å². The largest absolute Gasteiger partial charge is 0.481 e. The Morgan fingerprint density at radius 3 is 2.82 bits per heavy atom. The molecule has 0 bridgehead atoms. The highest BCUT2D eigenvalue weighted by Crippen LogP contribution is 2.15. The third kappa shape index (κ3) is 2.74. The van der Waals surface area contributed by atoms with E-state index in [0.717, 1.165) is 24.4 Å². The first-order valence-electron chi connectivity index (χ1n) is 5.61. The normalized spacial score (nSPS) is 12.9. The molecule has 0 saturated heterocycles. The van der Waals surface area contributed by atoms with Gasteiger partial charge in [0.15, 0.2) is 5.65 Å². The van der Waals surface area contributed by atoms with Crippen LogP contribution in [0.1, 0.15) is 12.7 Å². The van der Waals surface area contributed by atoms with Gasteiger partial charge in [-0.05, 0) is 12.0 Å². The molecular formula is C12H17N3O2. The number of imidazole rings is 1. The molecule has 0 spiro atoms. The van der Waals surface area contributed by atoms with E-state index >= 15 is 0 Å². The zero-order valence-electron chi connectivity index (χ0n) is 10.4. The van der Waals surface area contributed by atoms with Gasteiger partial charge in [-0.3, -0.25) is 0 Å². The Hall–Kier alpha value is -1.62. The molecule has 0 aliphatic rings. The van der Waals surface area contributed by atoms with Crippen molar-refractivity contribution in [3.8, 4) is 5.88 Å². The van der Waals surface area contributed by atoms with Gasteiger partial charge in [-0.15, -0.1) is 0 Å². The van der Waals surface area contributed by atoms with Crippen LogP contribution in [0.15, 0.2) is 12.1 Å². The van der Waals surface area contributed by atoms with Crippen molar-refractivity contribution in [2.24, 2.45) is 5.92 Å². The lowest BCUT2D eigenvalue weighted by Crippen LogP contribution is -2.07. The summed E-state index contributed by atoms with van der Waals surface area (Å²) in [5.74, 6) is 1.95. The van der Waals surface area contributed by atoms with Crippen LogP contribution in [0.5, 0.6) is 5.88 Å². The standard InChI is InChI=1S/C12H17N3O2/c1-8(7-16-2)6-10-13-9-4-5-11(17-3)15-12(9)14-10/h4-5,8H,6-7H2,1-3H3,(H,13,14,15). The van der Waals surface area contributed by atoms with Crippen molar-refractivity contribution >= 4 is 11.2 Å². The van der Waals surface area contributed by atoms with Crippen LogP contribution in [-0.2, 0) is 11.2 Å². The van der Waals surface area contributed by atoms with Gasteiger partial charge in [-0.25, -0.2) is 4.98 Å². The van der Waals surface area contributed by atoms with Crippen molar-refractivity contribution in [3.63, 3.8) is 0 Å². The zero-order chi connectivity index (χ0) is 12.3. The molecule has 0 aliphatic carbocycles. The first kappa shape index (κ1) is 11.9. The fourth-order valence-electron chi connectivity index (χ4n) is 1.81. The molecule has 0 saturated carbocycles. The summed E-state index contributed by atoms with van der Waals surface area (Å²) in [6.07, 6.45) is 0.854. The lowest BCUT2D eigenvalue weighted by molar-refractivity contribution is 0.159. The van der Waals surface area contributed by atoms with Crippen LogP contribution in [0.4, 0.5) is 0 Å². The maximum absolute atomic E-state index is 5.11. The van der Waals surface area contributed by atoms with Crippen LogP contribution in [0, 0.1) is 5.92 Å². The topological polar surface area (TPSA) is 60.0 Å². The zero-order valence-corrected chi connectivity index (χ0v) is 10.4. The molecule has 2 rings (SSSR count). The van der Waals surface area contributed by atoms with Crippen molar-refractivity contribution in [1.82, 2.24) is 15.0 Å². The minimum atomic E-state index is 0.433. The van der Waals surface area contributed by atoms with Gasteiger partial charge < -0.3 is 14.5 Å². The van der Waals surface area contributed by atoms with Gasteiger partial charge in [0.05, 0.1) is 12.6 Å². The Kier molecular flexibility index (Phi) is 3.58. The molecule has 92 valence electrons. The molecule has 5 heteroatoms. The molecule has 5 nitrogen and oxygen atoms in total. The number of ether oxygens (including phenoxy) is 2. The van der Waals surface area contributed by atoms with Crippen molar-refractivity contribution in [3.05, 3.63) is 18.0 Å². The molecule has 2 aromatic rings. The summed E-state index contributed by atoms with van der Waals surface area (Å²) < 4.78 is 10.2. The summed E-state index contributed by atoms with van der Waals surface area (Å²) in [5, 5.41) is 0.